The highest BCUT2D eigenvalue weighted by Gasteiger charge is 2.48. The number of allylic oxidation sites excluding steroid dienone is 4. The zero-order chi connectivity index (χ0) is 20.8. The van der Waals surface area contributed by atoms with Crippen molar-refractivity contribution in [2.24, 2.45) is 29.1 Å². The monoisotopic (exact) mass is 402 g/mol. The minimum Gasteiger partial charge on any atom is -0.462 e. The quantitative estimate of drug-likeness (QED) is 0.694. The molecule has 4 rings (SSSR count). The normalized spacial score (nSPS) is 38.3. The van der Waals surface area contributed by atoms with Crippen LogP contribution in [0.5, 0.6) is 0 Å². The van der Waals surface area contributed by atoms with E-state index in [0.29, 0.717) is 24.2 Å². The zero-order valence-corrected chi connectivity index (χ0v) is 17.9. The van der Waals surface area contributed by atoms with E-state index in [1.165, 1.54) is 12.0 Å². The van der Waals surface area contributed by atoms with Crippen molar-refractivity contribution in [2.75, 3.05) is 0 Å². The summed E-state index contributed by atoms with van der Waals surface area (Å²) >= 11 is 0. The molecule has 0 amide bonds. The van der Waals surface area contributed by atoms with Gasteiger partial charge < -0.3 is 14.6 Å². The number of esters is 2. The number of carbonyl (C=O) groups is 2. The van der Waals surface area contributed by atoms with Crippen molar-refractivity contribution in [3.8, 4) is 0 Å². The Morgan fingerprint density at radius 2 is 2.03 bits per heavy atom. The molecule has 1 saturated carbocycles. The lowest BCUT2D eigenvalue weighted by Gasteiger charge is -2.41. The van der Waals surface area contributed by atoms with Crippen LogP contribution < -0.4 is 0 Å². The molecule has 0 aromatic rings. The number of ether oxygens (including phenoxy) is 2. The third-order valence-electron chi connectivity index (χ3n) is 7.52. The number of aliphatic hydroxyl groups is 1. The molecule has 0 aromatic carbocycles. The van der Waals surface area contributed by atoms with Crippen LogP contribution in [0.25, 0.3) is 0 Å². The predicted molar refractivity (Wildman–Crippen MR) is 108 cm³/mol. The molecule has 4 aliphatic rings. The molecule has 5 nitrogen and oxygen atoms in total. The summed E-state index contributed by atoms with van der Waals surface area (Å²) in [5, 5.41) is 9.90. The van der Waals surface area contributed by atoms with Crippen molar-refractivity contribution in [1.29, 1.82) is 0 Å². The van der Waals surface area contributed by atoms with Crippen LogP contribution in [0, 0.1) is 29.1 Å². The SMILES string of the molecule is C[C@@H]1C(OC(=O)C2(C)CC2)=CC2=C[C@H](C)CC[C@@H]2[C@@H]1CC[C@@H]1C[C@@H](O)CC(=O)O1. The first kappa shape index (κ1) is 20.6. The molecular weight excluding hydrogens is 368 g/mol. The van der Waals surface area contributed by atoms with E-state index in [1.54, 1.807) is 0 Å². The molecule has 1 heterocycles. The Hall–Kier alpha value is -1.62. The fraction of sp³-hybridized carbons (Fsp3) is 0.750. The summed E-state index contributed by atoms with van der Waals surface area (Å²) in [6.45, 7) is 6.38. The molecule has 0 bridgehead atoms. The Morgan fingerprint density at radius 3 is 2.72 bits per heavy atom. The Balaban J connectivity index is 1.49. The van der Waals surface area contributed by atoms with Gasteiger partial charge in [0.1, 0.15) is 11.9 Å². The van der Waals surface area contributed by atoms with Crippen LogP contribution in [-0.2, 0) is 19.1 Å². The molecule has 6 atom stereocenters. The molecule has 1 aliphatic heterocycles. The summed E-state index contributed by atoms with van der Waals surface area (Å²) in [7, 11) is 0. The van der Waals surface area contributed by atoms with Crippen LogP contribution >= 0.6 is 0 Å². The molecule has 1 saturated heterocycles. The molecule has 0 radical (unpaired) electrons. The summed E-state index contributed by atoms with van der Waals surface area (Å²) in [5.41, 5.74) is 1.00. The number of cyclic esters (lactones) is 1. The summed E-state index contributed by atoms with van der Waals surface area (Å²) in [6.07, 6.45) is 10.1. The lowest BCUT2D eigenvalue weighted by molar-refractivity contribution is -0.160. The molecule has 5 heteroatoms. The molecule has 1 N–H and O–H groups in total. The van der Waals surface area contributed by atoms with Gasteiger partial charge in [0.15, 0.2) is 0 Å². The van der Waals surface area contributed by atoms with E-state index in [9.17, 15) is 14.7 Å². The summed E-state index contributed by atoms with van der Waals surface area (Å²) in [5.74, 6) is 1.91. The fourth-order valence-corrected chi connectivity index (χ4v) is 5.23. The Labute approximate surface area is 173 Å². The lowest BCUT2D eigenvalue weighted by Crippen LogP contribution is -2.36. The second kappa shape index (κ2) is 7.90. The largest absolute Gasteiger partial charge is 0.462 e. The first-order valence-corrected chi connectivity index (χ1v) is 11.3. The Kier molecular flexibility index (Phi) is 5.62. The molecule has 160 valence electrons. The van der Waals surface area contributed by atoms with Crippen molar-refractivity contribution >= 4 is 11.9 Å². The van der Waals surface area contributed by atoms with Gasteiger partial charge in [-0.05, 0) is 74.9 Å². The highest BCUT2D eigenvalue weighted by molar-refractivity contribution is 5.80. The van der Waals surface area contributed by atoms with E-state index in [2.05, 4.69) is 26.0 Å². The van der Waals surface area contributed by atoms with Crippen LogP contribution in [0.15, 0.2) is 23.5 Å². The fourth-order valence-electron chi connectivity index (χ4n) is 5.23. The van der Waals surface area contributed by atoms with Gasteiger partial charge in [-0.1, -0.05) is 19.9 Å². The second-order valence-electron chi connectivity index (χ2n) is 10.1. The van der Waals surface area contributed by atoms with E-state index in [1.807, 2.05) is 6.92 Å². The van der Waals surface area contributed by atoms with Gasteiger partial charge in [0.05, 0.1) is 17.9 Å². The summed E-state index contributed by atoms with van der Waals surface area (Å²) < 4.78 is 11.4. The van der Waals surface area contributed by atoms with Crippen LogP contribution in [0.2, 0.25) is 0 Å². The maximum atomic E-state index is 12.6. The minimum absolute atomic E-state index is 0.0957. The van der Waals surface area contributed by atoms with Crippen molar-refractivity contribution in [3.63, 3.8) is 0 Å². The van der Waals surface area contributed by atoms with Gasteiger partial charge in [0.25, 0.3) is 0 Å². The zero-order valence-electron chi connectivity index (χ0n) is 17.9. The molecule has 3 aliphatic carbocycles. The third-order valence-corrected chi connectivity index (χ3v) is 7.52. The molecule has 2 fully saturated rings. The first-order chi connectivity index (χ1) is 13.7. The number of aliphatic hydroxyl groups excluding tert-OH is 1. The number of rotatable bonds is 5. The standard InChI is InChI=1S/C24H34O5/c1-14-4-6-20-16(10-14)11-21(29-23(27)24(3)8-9-24)15(2)19(20)7-5-18-12-17(25)13-22(26)28-18/h10-11,14-15,17-20,25H,4-9,12-13H2,1-3H3/t14-,15+,17-,18-,19-,20+/m1/s1. The number of hydrogen-bond donors (Lipinski definition) is 1. The van der Waals surface area contributed by atoms with Gasteiger partial charge in [-0.2, -0.15) is 0 Å². The molecule has 0 spiro atoms. The van der Waals surface area contributed by atoms with E-state index in [0.717, 1.165) is 37.9 Å². The smallest absolute Gasteiger partial charge is 0.316 e. The number of fused-ring (bicyclic) bond motifs is 1. The van der Waals surface area contributed by atoms with Crippen molar-refractivity contribution in [1.82, 2.24) is 0 Å². The average molecular weight is 403 g/mol. The van der Waals surface area contributed by atoms with Gasteiger partial charge in [-0.3, -0.25) is 9.59 Å². The maximum absolute atomic E-state index is 12.6. The number of hydrogen-bond acceptors (Lipinski definition) is 5. The van der Waals surface area contributed by atoms with Crippen LogP contribution in [0.1, 0.15) is 72.1 Å². The third kappa shape index (κ3) is 4.45. The number of carbonyl (C=O) groups excluding carboxylic acids is 2. The first-order valence-electron chi connectivity index (χ1n) is 11.3. The van der Waals surface area contributed by atoms with Gasteiger partial charge in [-0.15, -0.1) is 0 Å². The molecule has 0 unspecified atom stereocenters. The predicted octanol–water partition coefficient (Wildman–Crippen LogP) is 4.30. The summed E-state index contributed by atoms with van der Waals surface area (Å²) in [6, 6.07) is 0. The van der Waals surface area contributed by atoms with E-state index in [-0.39, 0.29) is 35.8 Å². The molecule has 29 heavy (non-hydrogen) atoms. The topological polar surface area (TPSA) is 72.8 Å². The highest BCUT2D eigenvalue weighted by atomic mass is 16.5. The van der Waals surface area contributed by atoms with Gasteiger partial charge in [0, 0.05) is 12.3 Å². The Bertz CT molecular complexity index is 732. The lowest BCUT2D eigenvalue weighted by atomic mass is 9.66. The molecule has 0 aromatic heterocycles. The molecular formula is C24H34O5. The minimum atomic E-state index is -0.591. The van der Waals surface area contributed by atoms with Crippen molar-refractivity contribution < 1.29 is 24.2 Å². The average Bonchev–Trinajstić information content (AvgIpc) is 3.40. The van der Waals surface area contributed by atoms with E-state index >= 15 is 0 Å². The highest BCUT2D eigenvalue weighted by Crippen LogP contribution is 2.50. The van der Waals surface area contributed by atoms with Gasteiger partial charge in [0.2, 0.25) is 0 Å². The maximum Gasteiger partial charge on any atom is 0.316 e. The summed E-state index contributed by atoms with van der Waals surface area (Å²) in [4.78, 5) is 24.3. The second-order valence-corrected chi connectivity index (χ2v) is 10.1. The Morgan fingerprint density at radius 1 is 1.28 bits per heavy atom. The van der Waals surface area contributed by atoms with Crippen molar-refractivity contribution in [3.05, 3.63) is 23.5 Å². The van der Waals surface area contributed by atoms with Gasteiger partial charge in [-0.25, -0.2) is 0 Å². The van der Waals surface area contributed by atoms with Crippen LogP contribution in [0.3, 0.4) is 0 Å². The van der Waals surface area contributed by atoms with E-state index in [4.69, 9.17) is 9.47 Å². The van der Waals surface area contributed by atoms with Crippen molar-refractivity contribution in [2.45, 2.75) is 84.3 Å². The van der Waals surface area contributed by atoms with Crippen LogP contribution in [-0.4, -0.2) is 29.3 Å². The van der Waals surface area contributed by atoms with Gasteiger partial charge >= 0.3 is 11.9 Å². The van der Waals surface area contributed by atoms with Crippen LogP contribution in [0.4, 0.5) is 0 Å². The van der Waals surface area contributed by atoms with E-state index < -0.39 is 6.10 Å².